The van der Waals surface area contributed by atoms with Crippen LogP contribution in [0.25, 0.3) is 16.0 Å². The lowest BCUT2D eigenvalue weighted by molar-refractivity contribution is 0.102. The number of hydrogen-bond donors (Lipinski definition) is 3. The maximum atomic E-state index is 13.2. The topological polar surface area (TPSA) is 85.6 Å². The number of hydrogen-bond acceptors (Lipinski definition) is 7. The van der Waals surface area contributed by atoms with Crippen molar-refractivity contribution < 1.29 is 18.7 Å². The number of thiophene rings is 1. The number of ether oxygens (including phenoxy) is 2. The Balaban J connectivity index is 1.47. The summed E-state index contributed by atoms with van der Waals surface area (Å²) in [6.45, 7) is 6.02. The molecule has 0 unspecified atom stereocenters. The molecular formula is C30H28FN3O3S2. The molecular weight excluding hydrogens is 533 g/mol. The minimum Gasteiger partial charge on any atom is -0.493 e. The monoisotopic (exact) mass is 561 g/mol. The van der Waals surface area contributed by atoms with E-state index in [0.717, 1.165) is 26.6 Å². The highest BCUT2D eigenvalue weighted by atomic mass is 32.2. The zero-order chi connectivity index (χ0) is 27.9. The van der Waals surface area contributed by atoms with Gasteiger partial charge in [-0.2, -0.15) is 0 Å². The van der Waals surface area contributed by atoms with Crippen LogP contribution < -0.4 is 25.8 Å². The van der Waals surface area contributed by atoms with Crippen molar-refractivity contribution in [1.82, 2.24) is 0 Å². The first-order valence-electron chi connectivity index (χ1n) is 11.9. The van der Waals surface area contributed by atoms with Gasteiger partial charge in [0.1, 0.15) is 5.82 Å². The molecule has 0 spiro atoms. The van der Waals surface area contributed by atoms with Crippen molar-refractivity contribution in [2.24, 2.45) is 5.73 Å². The Hall–Kier alpha value is -4.21. The molecule has 1 amide bonds. The van der Waals surface area contributed by atoms with E-state index in [1.807, 2.05) is 54.8 Å². The van der Waals surface area contributed by atoms with Crippen LogP contribution in [0.15, 0.2) is 95.5 Å². The second-order valence-electron chi connectivity index (χ2n) is 8.47. The third kappa shape index (κ3) is 7.01. The van der Waals surface area contributed by atoms with Crippen LogP contribution in [0.5, 0.6) is 11.5 Å². The highest BCUT2D eigenvalue weighted by Gasteiger charge is 2.14. The summed E-state index contributed by atoms with van der Waals surface area (Å²) in [5, 5.41) is 8.91. The van der Waals surface area contributed by atoms with Crippen LogP contribution in [0.4, 0.5) is 15.8 Å². The summed E-state index contributed by atoms with van der Waals surface area (Å²) in [7, 11) is 3.18. The van der Waals surface area contributed by atoms with E-state index in [1.165, 1.54) is 36.0 Å². The second kappa shape index (κ2) is 12.6. The molecule has 3 aromatic carbocycles. The van der Waals surface area contributed by atoms with Crippen LogP contribution in [0.1, 0.15) is 22.2 Å². The molecule has 6 nitrogen and oxygen atoms in total. The Morgan fingerprint density at radius 2 is 1.64 bits per heavy atom. The number of methoxy groups -OCH3 is 2. The number of allylic oxidation sites excluding steroid dienone is 1. The van der Waals surface area contributed by atoms with Crippen molar-refractivity contribution in [1.29, 1.82) is 0 Å². The van der Waals surface area contributed by atoms with Crippen molar-refractivity contribution >= 4 is 45.3 Å². The smallest absolute Gasteiger partial charge is 0.255 e. The van der Waals surface area contributed by atoms with E-state index >= 15 is 0 Å². The number of benzene rings is 3. The lowest BCUT2D eigenvalue weighted by atomic mass is 10.1. The van der Waals surface area contributed by atoms with Crippen molar-refractivity contribution in [3.63, 3.8) is 0 Å². The molecule has 0 atom stereocenters. The van der Waals surface area contributed by atoms with Crippen molar-refractivity contribution in [3.05, 3.63) is 112 Å². The van der Waals surface area contributed by atoms with Gasteiger partial charge in [0.05, 0.1) is 19.2 Å². The predicted octanol–water partition coefficient (Wildman–Crippen LogP) is 7.79. The molecule has 0 saturated heterocycles. The molecule has 0 fully saturated rings. The molecule has 4 N–H and O–H groups in total. The first-order chi connectivity index (χ1) is 18.8. The van der Waals surface area contributed by atoms with Crippen LogP contribution >= 0.6 is 23.1 Å². The van der Waals surface area contributed by atoms with Gasteiger partial charge in [-0.1, -0.05) is 30.5 Å². The zero-order valence-electron chi connectivity index (χ0n) is 21.7. The van der Waals surface area contributed by atoms with E-state index in [1.54, 1.807) is 25.6 Å². The summed E-state index contributed by atoms with van der Waals surface area (Å²) >= 11 is 3.02. The first-order valence-corrected chi connectivity index (χ1v) is 13.6. The summed E-state index contributed by atoms with van der Waals surface area (Å²) in [6.07, 6.45) is 0. The number of carbonyl (C=O) groups is 1. The highest BCUT2D eigenvalue weighted by Crippen LogP contribution is 2.40. The molecule has 9 heteroatoms. The number of anilines is 2. The summed E-state index contributed by atoms with van der Waals surface area (Å²) < 4.78 is 23.9. The number of amides is 1. The van der Waals surface area contributed by atoms with Gasteiger partial charge in [-0.3, -0.25) is 4.79 Å². The van der Waals surface area contributed by atoms with E-state index in [9.17, 15) is 9.18 Å². The van der Waals surface area contributed by atoms with E-state index < -0.39 is 0 Å². The molecule has 1 aromatic heterocycles. The van der Waals surface area contributed by atoms with Gasteiger partial charge < -0.3 is 25.8 Å². The van der Waals surface area contributed by atoms with Crippen LogP contribution in [-0.2, 0) is 0 Å². The predicted molar refractivity (Wildman–Crippen MR) is 161 cm³/mol. The molecule has 4 aromatic rings. The van der Waals surface area contributed by atoms with Crippen molar-refractivity contribution in [2.75, 3.05) is 24.9 Å². The number of thioether (sulfide) groups is 1. The molecule has 0 saturated carbocycles. The molecule has 0 aliphatic carbocycles. The normalized spacial score (nSPS) is 11.4. The van der Waals surface area contributed by atoms with Gasteiger partial charge in [0, 0.05) is 38.5 Å². The van der Waals surface area contributed by atoms with Gasteiger partial charge in [-0.05, 0) is 78.0 Å². The third-order valence-electron chi connectivity index (χ3n) is 5.63. The van der Waals surface area contributed by atoms with Gasteiger partial charge >= 0.3 is 0 Å². The van der Waals surface area contributed by atoms with Crippen LogP contribution in [0, 0.1) is 5.82 Å². The maximum absolute atomic E-state index is 13.2. The molecule has 0 bridgehead atoms. The summed E-state index contributed by atoms with van der Waals surface area (Å²) in [6, 6.07) is 20.6. The number of rotatable bonds is 10. The average Bonchev–Trinajstić information content (AvgIpc) is 3.42. The van der Waals surface area contributed by atoms with Gasteiger partial charge in [-0.25, -0.2) is 4.39 Å². The number of nitrogens with two attached hydrogens (primary N) is 1. The fourth-order valence-electron chi connectivity index (χ4n) is 3.74. The van der Waals surface area contributed by atoms with Crippen molar-refractivity contribution in [2.45, 2.75) is 6.92 Å². The largest absolute Gasteiger partial charge is 0.493 e. The van der Waals surface area contributed by atoms with Gasteiger partial charge in [0.25, 0.3) is 5.91 Å². The van der Waals surface area contributed by atoms with Gasteiger partial charge in [0.2, 0.25) is 0 Å². The maximum Gasteiger partial charge on any atom is 0.255 e. The molecule has 0 radical (unpaired) electrons. The zero-order valence-corrected chi connectivity index (χ0v) is 23.3. The van der Waals surface area contributed by atoms with E-state index in [4.69, 9.17) is 15.2 Å². The SMILES string of the molecule is C=C(Nc1ccc(OC)c(OC)c1)S/C(=C(\C)N)c1cc(-c2cccc(NC(=O)c3ccc(F)cc3)c2)cs1. The molecule has 1 heterocycles. The molecule has 0 aliphatic heterocycles. The quantitative estimate of drug-likeness (QED) is 0.183. The summed E-state index contributed by atoms with van der Waals surface area (Å²) in [5.41, 5.74) is 10.7. The third-order valence-corrected chi connectivity index (χ3v) is 7.81. The summed E-state index contributed by atoms with van der Waals surface area (Å²) in [4.78, 5) is 14.4. The van der Waals surface area contributed by atoms with Crippen molar-refractivity contribution in [3.8, 4) is 22.6 Å². The Bertz CT molecular complexity index is 1530. The molecule has 39 heavy (non-hydrogen) atoms. The Morgan fingerprint density at radius 3 is 2.33 bits per heavy atom. The lowest BCUT2D eigenvalue weighted by Crippen LogP contribution is -2.11. The van der Waals surface area contributed by atoms with E-state index in [0.29, 0.717) is 33.5 Å². The number of carbonyl (C=O) groups excluding carboxylic acids is 1. The number of nitrogens with one attached hydrogen (secondary N) is 2. The Labute approximate surface area is 235 Å². The Kier molecular flexibility index (Phi) is 8.96. The van der Waals surface area contributed by atoms with Crippen LogP contribution in [0.2, 0.25) is 0 Å². The highest BCUT2D eigenvalue weighted by molar-refractivity contribution is 8.12. The average molecular weight is 562 g/mol. The first kappa shape index (κ1) is 27.8. The minimum atomic E-state index is -0.388. The lowest BCUT2D eigenvalue weighted by Gasteiger charge is -2.14. The fraction of sp³-hybridized carbons (Fsp3) is 0.100. The minimum absolute atomic E-state index is 0.306. The number of halogens is 1. The van der Waals surface area contributed by atoms with E-state index in [-0.39, 0.29) is 11.7 Å². The van der Waals surface area contributed by atoms with Gasteiger partial charge in [-0.15, -0.1) is 11.3 Å². The standard InChI is InChI=1S/C30H28FN3O3S2/c1-18(32)29(39-19(2)33-25-12-13-26(36-3)27(16-25)37-4)28-15-22(17-38-28)21-6-5-7-24(14-21)34-30(35)20-8-10-23(31)11-9-20/h5-17,33H,2,32H2,1,3-4H3,(H,34,35)/b29-18+. The molecule has 200 valence electrons. The van der Waals surface area contributed by atoms with Crippen LogP contribution in [-0.4, -0.2) is 20.1 Å². The fourth-order valence-corrected chi connectivity index (χ4v) is 5.66. The molecule has 0 aliphatic rings. The van der Waals surface area contributed by atoms with E-state index in [2.05, 4.69) is 23.3 Å². The van der Waals surface area contributed by atoms with Gasteiger partial charge in [0.15, 0.2) is 11.5 Å². The van der Waals surface area contributed by atoms with Crippen LogP contribution in [0.3, 0.4) is 0 Å². The summed E-state index contributed by atoms with van der Waals surface area (Å²) in [5.74, 6) is 0.565. The second-order valence-corrected chi connectivity index (χ2v) is 10.5. The Morgan fingerprint density at radius 1 is 0.923 bits per heavy atom. The molecule has 4 rings (SSSR count).